The number of hydrogen-bond acceptors (Lipinski definition) is 4. The van der Waals surface area contributed by atoms with Crippen molar-refractivity contribution in [2.45, 2.75) is 27.3 Å². The molecule has 6 nitrogen and oxygen atoms in total. The lowest BCUT2D eigenvalue weighted by atomic mass is 10.0. The Hall–Kier alpha value is -4.19. The number of ether oxygens (including phenoxy) is 1. The van der Waals surface area contributed by atoms with Gasteiger partial charge in [-0.15, -0.1) is 0 Å². The molecule has 0 saturated carbocycles. The van der Waals surface area contributed by atoms with Crippen LogP contribution in [0.4, 0.5) is 5.69 Å². The summed E-state index contributed by atoms with van der Waals surface area (Å²) >= 11 is 0. The zero-order valence-electron chi connectivity index (χ0n) is 19.4. The van der Waals surface area contributed by atoms with E-state index < -0.39 is 0 Å². The summed E-state index contributed by atoms with van der Waals surface area (Å²) < 4.78 is 7.08. The smallest absolute Gasteiger partial charge is 0.244 e. The van der Waals surface area contributed by atoms with Crippen LogP contribution in [0.15, 0.2) is 77.7 Å². The molecule has 4 rings (SSSR count). The van der Waals surface area contributed by atoms with Gasteiger partial charge >= 0.3 is 0 Å². The molecule has 0 fully saturated rings. The van der Waals surface area contributed by atoms with Crippen LogP contribution in [0.1, 0.15) is 34.0 Å². The Bertz CT molecular complexity index is 1420. The fourth-order valence-electron chi connectivity index (χ4n) is 3.82. The molecule has 4 aromatic rings. The van der Waals surface area contributed by atoms with Gasteiger partial charge < -0.3 is 14.6 Å². The predicted molar refractivity (Wildman–Crippen MR) is 134 cm³/mol. The standard InChI is InChI=1S/C28H26N2O4/c1-4-34-22-12-10-21(11-13-22)29-26(31)17-30-16-24(27(32)20-8-5-18(2)6-9-20)28(33)23-15-19(3)7-14-25(23)30/h5-16H,4,17H2,1-3H3,(H,29,31). The number of carbonyl (C=O) groups excluding carboxylic acids is 2. The van der Waals surface area contributed by atoms with E-state index in [1.54, 1.807) is 53.1 Å². The van der Waals surface area contributed by atoms with Crippen molar-refractivity contribution >= 4 is 28.3 Å². The first-order valence-corrected chi connectivity index (χ1v) is 11.1. The van der Waals surface area contributed by atoms with Gasteiger partial charge in [0.25, 0.3) is 0 Å². The van der Waals surface area contributed by atoms with Gasteiger partial charge in [-0.25, -0.2) is 0 Å². The van der Waals surface area contributed by atoms with E-state index in [0.29, 0.717) is 28.8 Å². The Morgan fingerprint density at radius 2 is 1.59 bits per heavy atom. The SMILES string of the molecule is CCOc1ccc(NC(=O)Cn2cc(C(=O)c3ccc(C)cc3)c(=O)c3cc(C)ccc32)cc1. The molecule has 1 amide bonds. The number of hydrogen-bond donors (Lipinski definition) is 1. The van der Waals surface area contributed by atoms with Crippen LogP contribution in [-0.4, -0.2) is 22.9 Å². The lowest BCUT2D eigenvalue weighted by molar-refractivity contribution is -0.116. The minimum absolute atomic E-state index is 0.0378. The van der Waals surface area contributed by atoms with Crippen LogP contribution in [-0.2, 0) is 11.3 Å². The highest BCUT2D eigenvalue weighted by Gasteiger charge is 2.18. The van der Waals surface area contributed by atoms with Gasteiger partial charge in [-0.3, -0.25) is 14.4 Å². The molecular weight excluding hydrogens is 428 g/mol. The van der Waals surface area contributed by atoms with Gasteiger partial charge in [0.15, 0.2) is 5.78 Å². The van der Waals surface area contributed by atoms with Gasteiger partial charge in [0.2, 0.25) is 11.3 Å². The molecule has 0 radical (unpaired) electrons. The maximum absolute atomic E-state index is 13.2. The molecule has 6 heteroatoms. The fraction of sp³-hybridized carbons (Fsp3) is 0.179. The number of ketones is 1. The van der Waals surface area contributed by atoms with Crippen molar-refractivity contribution in [2.24, 2.45) is 0 Å². The maximum Gasteiger partial charge on any atom is 0.244 e. The number of amides is 1. The van der Waals surface area contributed by atoms with Crippen molar-refractivity contribution in [3.8, 4) is 5.75 Å². The number of aromatic nitrogens is 1. The third kappa shape index (κ3) is 4.91. The molecule has 0 spiro atoms. The van der Waals surface area contributed by atoms with E-state index in [1.807, 2.05) is 39.0 Å². The monoisotopic (exact) mass is 454 g/mol. The number of benzene rings is 3. The topological polar surface area (TPSA) is 77.4 Å². The third-order valence-electron chi connectivity index (χ3n) is 5.56. The van der Waals surface area contributed by atoms with E-state index in [9.17, 15) is 14.4 Å². The summed E-state index contributed by atoms with van der Waals surface area (Å²) in [7, 11) is 0. The lowest BCUT2D eigenvalue weighted by Gasteiger charge is -2.14. The quantitative estimate of drug-likeness (QED) is 0.404. The highest BCUT2D eigenvalue weighted by atomic mass is 16.5. The first-order valence-electron chi connectivity index (χ1n) is 11.1. The largest absolute Gasteiger partial charge is 0.494 e. The third-order valence-corrected chi connectivity index (χ3v) is 5.56. The minimum atomic E-state index is -0.367. The van der Waals surface area contributed by atoms with Gasteiger partial charge in [0.05, 0.1) is 17.7 Å². The average molecular weight is 455 g/mol. The van der Waals surface area contributed by atoms with Crippen LogP contribution in [0.5, 0.6) is 5.75 Å². The molecule has 0 aliphatic heterocycles. The average Bonchev–Trinajstić information content (AvgIpc) is 2.82. The normalized spacial score (nSPS) is 10.8. The number of rotatable bonds is 7. The van der Waals surface area contributed by atoms with Gasteiger partial charge in [0, 0.05) is 22.8 Å². The van der Waals surface area contributed by atoms with E-state index in [1.165, 1.54) is 6.20 Å². The number of nitrogens with one attached hydrogen (secondary N) is 1. The molecule has 34 heavy (non-hydrogen) atoms. The van der Waals surface area contributed by atoms with Crippen molar-refractivity contribution in [3.63, 3.8) is 0 Å². The summed E-state index contributed by atoms with van der Waals surface area (Å²) in [6, 6.07) is 19.6. The van der Waals surface area contributed by atoms with Crippen molar-refractivity contribution in [2.75, 3.05) is 11.9 Å². The van der Waals surface area contributed by atoms with Crippen LogP contribution in [0.25, 0.3) is 10.9 Å². The Kier molecular flexibility index (Phi) is 6.59. The Morgan fingerprint density at radius 1 is 0.912 bits per heavy atom. The molecule has 0 aliphatic carbocycles. The lowest BCUT2D eigenvalue weighted by Crippen LogP contribution is -2.24. The summed E-state index contributed by atoms with van der Waals surface area (Å²) in [6.45, 7) is 6.23. The van der Waals surface area contributed by atoms with E-state index >= 15 is 0 Å². The highest BCUT2D eigenvalue weighted by Crippen LogP contribution is 2.18. The van der Waals surface area contributed by atoms with E-state index in [4.69, 9.17) is 4.74 Å². The molecule has 3 aromatic carbocycles. The van der Waals surface area contributed by atoms with Crippen molar-refractivity contribution < 1.29 is 14.3 Å². The number of anilines is 1. The Morgan fingerprint density at radius 3 is 2.26 bits per heavy atom. The molecular formula is C28H26N2O4. The minimum Gasteiger partial charge on any atom is -0.494 e. The van der Waals surface area contributed by atoms with Crippen molar-refractivity contribution in [3.05, 3.63) is 105 Å². The van der Waals surface area contributed by atoms with Crippen molar-refractivity contribution in [1.82, 2.24) is 4.57 Å². The molecule has 1 N–H and O–H groups in total. The van der Waals surface area contributed by atoms with Crippen molar-refractivity contribution in [1.29, 1.82) is 0 Å². The fourth-order valence-corrected chi connectivity index (χ4v) is 3.82. The summed E-state index contributed by atoms with van der Waals surface area (Å²) in [5, 5.41) is 3.27. The summed E-state index contributed by atoms with van der Waals surface area (Å²) in [6.07, 6.45) is 1.49. The zero-order valence-corrected chi connectivity index (χ0v) is 19.4. The van der Waals surface area contributed by atoms with Gasteiger partial charge in [0.1, 0.15) is 12.3 Å². The van der Waals surface area contributed by atoms with Gasteiger partial charge in [-0.1, -0.05) is 41.5 Å². The second kappa shape index (κ2) is 9.75. The molecule has 0 unspecified atom stereocenters. The number of nitrogens with zero attached hydrogens (tertiary/aromatic N) is 1. The van der Waals surface area contributed by atoms with Crippen LogP contribution in [0.2, 0.25) is 0 Å². The number of carbonyl (C=O) groups is 2. The highest BCUT2D eigenvalue weighted by molar-refractivity contribution is 6.10. The molecule has 0 bridgehead atoms. The molecule has 1 aromatic heterocycles. The summed E-state index contributed by atoms with van der Waals surface area (Å²) in [4.78, 5) is 39.3. The van der Waals surface area contributed by atoms with Crippen LogP contribution >= 0.6 is 0 Å². The summed E-state index contributed by atoms with van der Waals surface area (Å²) in [5.41, 5.74) is 3.27. The van der Waals surface area contributed by atoms with E-state index in [0.717, 1.165) is 16.9 Å². The first-order chi connectivity index (χ1) is 16.4. The number of aryl methyl sites for hydroxylation is 2. The number of pyridine rings is 1. The Balaban J connectivity index is 1.69. The van der Waals surface area contributed by atoms with Crippen LogP contribution in [0, 0.1) is 13.8 Å². The van der Waals surface area contributed by atoms with E-state index in [2.05, 4.69) is 5.32 Å². The molecule has 0 atom stereocenters. The zero-order chi connectivity index (χ0) is 24.2. The maximum atomic E-state index is 13.2. The molecule has 172 valence electrons. The van der Waals surface area contributed by atoms with Gasteiger partial charge in [-0.2, -0.15) is 0 Å². The number of fused-ring (bicyclic) bond motifs is 1. The second-order valence-electron chi connectivity index (χ2n) is 8.22. The predicted octanol–water partition coefficient (Wildman–Crippen LogP) is 4.89. The second-order valence-corrected chi connectivity index (χ2v) is 8.22. The molecule has 1 heterocycles. The summed E-state index contributed by atoms with van der Waals surface area (Å²) in [5.74, 6) is 0.0824. The molecule has 0 saturated heterocycles. The molecule has 0 aliphatic rings. The first kappa shape index (κ1) is 23.0. The Labute approximate surface area is 197 Å². The van der Waals surface area contributed by atoms with E-state index in [-0.39, 0.29) is 29.2 Å². The van der Waals surface area contributed by atoms with Crippen LogP contribution in [0.3, 0.4) is 0 Å². The van der Waals surface area contributed by atoms with Gasteiger partial charge in [-0.05, 0) is 57.2 Å². The van der Waals surface area contributed by atoms with Crippen LogP contribution < -0.4 is 15.5 Å².